The normalized spacial score (nSPS) is 15.3. The molecule has 4 aromatic rings. The number of carbonyl (C=O) groups excluding carboxylic acids is 1. The minimum absolute atomic E-state index is 0.0641. The summed E-state index contributed by atoms with van der Waals surface area (Å²) in [6, 6.07) is 19.7. The Morgan fingerprint density at radius 3 is 2.39 bits per heavy atom. The number of nitrogens with zero attached hydrogens (tertiary/aromatic N) is 3. The molecule has 0 unspecified atom stereocenters. The van der Waals surface area contributed by atoms with Crippen LogP contribution in [0.25, 0.3) is 10.2 Å². The quantitative estimate of drug-likeness (QED) is 0.345. The highest BCUT2D eigenvalue weighted by atomic mass is 32.2. The first kappa shape index (κ1) is 24.5. The number of halogens is 2. The van der Waals surface area contributed by atoms with Gasteiger partial charge in [0, 0.05) is 25.1 Å². The zero-order chi connectivity index (χ0) is 25.3. The first-order chi connectivity index (χ1) is 17.3. The topological polar surface area (TPSA) is 70.6 Å². The summed E-state index contributed by atoms with van der Waals surface area (Å²) in [4.78, 5) is 19.5. The van der Waals surface area contributed by atoms with Crippen LogP contribution in [0.2, 0.25) is 0 Å². The van der Waals surface area contributed by atoms with Crippen molar-refractivity contribution in [1.82, 2.24) is 9.29 Å². The second-order valence-electron chi connectivity index (χ2n) is 8.63. The van der Waals surface area contributed by atoms with Gasteiger partial charge in [-0.05, 0) is 42.7 Å². The smallest absolute Gasteiger partial charge is 0.245 e. The van der Waals surface area contributed by atoms with Gasteiger partial charge in [0.05, 0.1) is 16.8 Å². The van der Waals surface area contributed by atoms with E-state index in [1.54, 1.807) is 4.90 Å². The van der Waals surface area contributed by atoms with Crippen molar-refractivity contribution in [3.05, 3.63) is 90.0 Å². The number of rotatable bonds is 6. The third kappa shape index (κ3) is 4.88. The number of aromatic nitrogens is 1. The summed E-state index contributed by atoms with van der Waals surface area (Å²) in [6.45, 7) is 0.474. The molecule has 186 valence electrons. The lowest BCUT2D eigenvalue weighted by atomic mass is 9.96. The Kier molecular flexibility index (Phi) is 6.83. The van der Waals surface area contributed by atoms with Gasteiger partial charge >= 0.3 is 0 Å². The molecule has 3 aromatic carbocycles. The van der Waals surface area contributed by atoms with Gasteiger partial charge < -0.3 is 0 Å². The van der Waals surface area contributed by atoms with E-state index >= 15 is 0 Å². The molecule has 1 amide bonds. The van der Waals surface area contributed by atoms with Crippen molar-refractivity contribution in [3.8, 4) is 0 Å². The standard InChI is InChI=1S/C26H23F2N3O3S2/c27-20-10-11-24(21(28)16-20)36(33,34)30-14-12-19(13-15-30)25(32)31(17-18-6-2-1-3-7-18)26-29-22-8-4-5-9-23(22)35-26/h1-11,16,19H,12-15,17H2. The first-order valence-corrected chi connectivity index (χ1v) is 13.7. The number of benzene rings is 3. The Balaban J connectivity index is 1.36. The predicted octanol–water partition coefficient (Wildman–Crippen LogP) is 5.21. The lowest BCUT2D eigenvalue weighted by molar-refractivity contribution is -0.123. The number of hydrogen-bond donors (Lipinski definition) is 0. The van der Waals surface area contributed by atoms with Crippen molar-refractivity contribution in [1.29, 1.82) is 0 Å². The minimum Gasteiger partial charge on any atom is -0.283 e. The molecule has 0 spiro atoms. The van der Waals surface area contributed by atoms with Gasteiger partial charge in [0.1, 0.15) is 16.5 Å². The van der Waals surface area contributed by atoms with Crippen molar-refractivity contribution in [3.63, 3.8) is 0 Å². The van der Waals surface area contributed by atoms with Gasteiger partial charge in [-0.3, -0.25) is 9.69 Å². The van der Waals surface area contributed by atoms with E-state index in [4.69, 9.17) is 0 Å². The second kappa shape index (κ2) is 10.0. The molecule has 1 aromatic heterocycles. The number of anilines is 1. The van der Waals surface area contributed by atoms with E-state index in [0.29, 0.717) is 17.7 Å². The SMILES string of the molecule is O=C(C1CCN(S(=O)(=O)c2ccc(F)cc2F)CC1)N(Cc1ccccc1)c1nc2ccccc2s1. The number of hydrogen-bond acceptors (Lipinski definition) is 5. The average molecular weight is 528 g/mol. The van der Waals surface area contributed by atoms with Gasteiger partial charge in [0.15, 0.2) is 5.13 Å². The number of sulfonamides is 1. The van der Waals surface area contributed by atoms with Gasteiger partial charge in [-0.25, -0.2) is 22.2 Å². The molecule has 0 N–H and O–H groups in total. The van der Waals surface area contributed by atoms with Crippen molar-refractivity contribution in [2.45, 2.75) is 24.3 Å². The molecule has 5 rings (SSSR count). The molecule has 1 aliphatic heterocycles. The van der Waals surface area contributed by atoms with Crippen LogP contribution in [0, 0.1) is 17.6 Å². The molecule has 1 aliphatic rings. The summed E-state index contributed by atoms with van der Waals surface area (Å²) in [5.74, 6) is -2.50. The van der Waals surface area contributed by atoms with Crippen LogP contribution < -0.4 is 4.90 Å². The van der Waals surface area contributed by atoms with Crippen LogP contribution in [0.5, 0.6) is 0 Å². The summed E-state index contributed by atoms with van der Waals surface area (Å²) >= 11 is 1.44. The lowest BCUT2D eigenvalue weighted by Gasteiger charge is -2.33. The van der Waals surface area contributed by atoms with Crippen molar-refractivity contribution in [2.75, 3.05) is 18.0 Å². The maximum Gasteiger partial charge on any atom is 0.245 e. The van der Waals surface area contributed by atoms with E-state index < -0.39 is 32.5 Å². The highest BCUT2D eigenvalue weighted by Gasteiger charge is 2.36. The zero-order valence-electron chi connectivity index (χ0n) is 19.2. The van der Waals surface area contributed by atoms with Crippen molar-refractivity contribution in [2.24, 2.45) is 5.92 Å². The van der Waals surface area contributed by atoms with Crippen LogP contribution in [0.4, 0.5) is 13.9 Å². The Labute approximate surface area is 211 Å². The van der Waals surface area contributed by atoms with Gasteiger partial charge in [0.25, 0.3) is 0 Å². The molecule has 36 heavy (non-hydrogen) atoms. The third-order valence-electron chi connectivity index (χ3n) is 6.28. The fraction of sp³-hybridized carbons (Fsp3) is 0.231. The number of piperidine rings is 1. The van der Waals surface area contributed by atoms with Gasteiger partial charge in [-0.2, -0.15) is 4.31 Å². The Morgan fingerprint density at radius 1 is 1.00 bits per heavy atom. The largest absolute Gasteiger partial charge is 0.283 e. The summed E-state index contributed by atoms with van der Waals surface area (Å²) < 4.78 is 55.5. The maximum atomic E-state index is 14.2. The number of amides is 1. The Morgan fingerprint density at radius 2 is 1.69 bits per heavy atom. The molecule has 0 bridgehead atoms. The van der Waals surface area contributed by atoms with Crippen LogP contribution in [0.3, 0.4) is 0 Å². The van der Waals surface area contributed by atoms with Crippen LogP contribution in [0.15, 0.2) is 77.7 Å². The first-order valence-electron chi connectivity index (χ1n) is 11.5. The summed E-state index contributed by atoms with van der Waals surface area (Å²) in [5.41, 5.74) is 1.77. The van der Waals surface area contributed by atoms with Crippen LogP contribution in [-0.4, -0.2) is 36.7 Å². The Hall–Kier alpha value is -3.21. The Bertz CT molecular complexity index is 1470. The molecule has 10 heteroatoms. The fourth-order valence-electron chi connectivity index (χ4n) is 4.37. The van der Waals surface area contributed by atoms with E-state index in [-0.39, 0.29) is 31.8 Å². The van der Waals surface area contributed by atoms with Gasteiger partial charge in [-0.15, -0.1) is 0 Å². The predicted molar refractivity (Wildman–Crippen MR) is 135 cm³/mol. The highest BCUT2D eigenvalue weighted by molar-refractivity contribution is 7.89. The van der Waals surface area contributed by atoms with Crippen molar-refractivity contribution < 1.29 is 22.0 Å². The molecule has 6 nitrogen and oxygen atoms in total. The molecule has 0 aliphatic carbocycles. The van der Waals surface area contributed by atoms with Crippen LogP contribution in [0.1, 0.15) is 18.4 Å². The summed E-state index contributed by atoms with van der Waals surface area (Å²) in [5, 5.41) is 0.591. The van der Waals surface area contributed by atoms with Gasteiger partial charge in [-0.1, -0.05) is 53.8 Å². The molecule has 1 fully saturated rings. The molecule has 2 heterocycles. The monoisotopic (exact) mass is 527 g/mol. The van der Waals surface area contributed by atoms with E-state index in [1.807, 2.05) is 54.6 Å². The summed E-state index contributed by atoms with van der Waals surface area (Å²) in [6.07, 6.45) is 0.578. The number of thiazole rings is 1. The molecule has 0 atom stereocenters. The summed E-state index contributed by atoms with van der Waals surface area (Å²) in [7, 11) is -4.14. The minimum atomic E-state index is -4.14. The second-order valence-corrected chi connectivity index (χ2v) is 11.5. The van der Waals surface area contributed by atoms with Crippen molar-refractivity contribution >= 4 is 42.6 Å². The van der Waals surface area contributed by atoms with Gasteiger partial charge in [0.2, 0.25) is 15.9 Å². The number of fused-ring (bicyclic) bond motifs is 1. The number of para-hydroxylation sites is 1. The van der Waals surface area contributed by atoms with Crippen LogP contribution >= 0.6 is 11.3 Å². The molecule has 0 saturated carbocycles. The molecular weight excluding hydrogens is 504 g/mol. The van der Waals surface area contributed by atoms with E-state index in [9.17, 15) is 22.0 Å². The maximum absolute atomic E-state index is 14.2. The lowest BCUT2D eigenvalue weighted by Crippen LogP contribution is -2.44. The van der Waals surface area contributed by atoms with E-state index in [1.165, 1.54) is 11.3 Å². The zero-order valence-corrected chi connectivity index (χ0v) is 20.8. The van der Waals surface area contributed by atoms with Crippen LogP contribution in [-0.2, 0) is 21.4 Å². The third-order valence-corrected chi connectivity index (χ3v) is 9.27. The van der Waals surface area contributed by atoms with E-state index in [0.717, 1.165) is 32.2 Å². The molecule has 0 radical (unpaired) electrons. The molecule has 1 saturated heterocycles. The number of carbonyl (C=O) groups is 1. The highest BCUT2D eigenvalue weighted by Crippen LogP contribution is 2.33. The fourth-order valence-corrected chi connectivity index (χ4v) is 6.85. The molecular formula is C26H23F2N3O3S2. The average Bonchev–Trinajstić information content (AvgIpc) is 3.31. The van der Waals surface area contributed by atoms with E-state index in [2.05, 4.69) is 4.98 Å².